The van der Waals surface area contributed by atoms with Crippen molar-refractivity contribution in [2.75, 3.05) is 26.7 Å². The molecule has 0 saturated carbocycles. The molecule has 1 saturated heterocycles. The van der Waals surface area contributed by atoms with Crippen LogP contribution in [-0.2, 0) is 16.8 Å². The first-order valence-electron chi connectivity index (χ1n) is 7.55. The van der Waals surface area contributed by atoms with E-state index in [2.05, 4.69) is 41.5 Å². The number of piperidine rings is 1. The van der Waals surface area contributed by atoms with E-state index in [-0.39, 0.29) is 0 Å². The summed E-state index contributed by atoms with van der Waals surface area (Å²) in [6, 6.07) is 9.70. The molecular weight excluding hydrogens is 304 g/mol. The monoisotopic (exact) mass is 328 g/mol. The third kappa shape index (κ3) is 5.03. The Morgan fingerprint density at radius 3 is 2.41 bits per heavy atom. The van der Waals surface area contributed by atoms with Crippen LogP contribution in [0.2, 0.25) is 0 Å². The highest BCUT2D eigenvalue weighted by Gasteiger charge is 2.31. The molecule has 0 aromatic heterocycles. The van der Waals surface area contributed by atoms with E-state index in [1.54, 1.807) is 11.1 Å². The lowest BCUT2D eigenvalue weighted by molar-refractivity contribution is 0.139. The highest BCUT2D eigenvalue weighted by molar-refractivity contribution is 7.79. The highest BCUT2D eigenvalue weighted by Crippen LogP contribution is 2.37. The van der Waals surface area contributed by atoms with Gasteiger partial charge in [-0.15, -0.1) is 0 Å². The molecule has 2 heterocycles. The molecule has 1 aromatic carbocycles. The first kappa shape index (κ1) is 17.4. The van der Waals surface area contributed by atoms with Gasteiger partial charge in [-0.3, -0.25) is 14.0 Å². The summed E-state index contributed by atoms with van der Waals surface area (Å²) in [5.41, 5.74) is 3.17. The maximum atomic E-state index is 8.74. The fourth-order valence-corrected chi connectivity index (χ4v) is 3.50. The minimum Gasteiger partial charge on any atom is -0.317 e. The lowest BCUT2D eigenvalue weighted by Gasteiger charge is -2.41. The van der Waals surface area contributed by atoms with Crippen LogP contribution >= 0.6 is 0 Å². The van der Waals surface area contributed by atoms with Crippen LogP contribution in [0.5, 0.6) is 0 Å². The van der Waals surface area contributed by atoms with Gasteiger partial charge in [0.25, 0.3) is 0 Å². The van der Waals surface area contributed by atoms with Gasteiger partial charge in [-0.25, -0.2) is 0 Å². The Hall–Kier alpha value is -0.990. The number of likely N-dealkylation sites (N-methyl/N-ethyl adjacent to an activating group) is 1. The zero-order valence-corrected chi connectivity index (χ0v) is 13.6. The first-order chi connectivity index (χ1) is 10.4. The van der Waals surface area contributed by atoms with Crippen LogP contribution in [0.25, 0.3) is 0 Å². The molecule has 124 valence electrons. The van der Waals surface area contributed by atoms with Crippen LogP contribution in [-0.4, -0.2) is 49.1 Å². The minimum absolute atomic E-state index is 0.655. The van der Waals surface area contributed by atoms with Crippen LogP contribution in [0.3, 0.4) is 0 Å². The second-order valence-corrected chi connectivity index (χ2v) is 6.81. The Kier molecular flexibility index (Phi) is 5.94. The van der Waals surface area contributed by atoms with Crippen molar-refractivity contribution in [2.45, 2.75) is 25.3 Å². The highest BCUT2D eigenvalue weighted by atomic mass is 32.3. The number of fused-ring (bicyclic) bond motifs is 1. The average molecular weight is 328 g/mol. The van der Waals surface area contributed by atoms with Crippen molar-refractivity contribution < 1.29 is 17.5 Å². The summed E-state index contributed by atoms with van der Waals surface area (Å²) >= 11 is 0. The van der Waals surface area contributed by atoms with E-state index in [4.69, 9.17) is 17.5 Å². The van der Waals surface area contributed by atoms with E-state index in [9.17, 15) is 0 Å². The van der Waals surface area contributed by atoms with E-state index >= 15 is 0 Å². The summed E-state index contributed by atoms with van der Waals surface area (Å²) in [6.07, 6.45) is 3.86. The second-order valence-electron chi connectivity index (χ2n) is 5.91. The maximum Gasteiger partial charge on any atom is 0.394 e. The largest absolute Gasteiger partial charge is 0.394 e. The molecule has 6 nitrogen and oxygen atoms in total. The number of hydrogen-bond acceptors (Lipinski definition) is 4. The Morgan fingerprint density at radius 1 is 1.18 bits per heavy atom. The minimum atomic E-state index is -4.67. The van der Waals surface area contributed by atoms with Gasteiger partial charge in [0.15, 0.2) is 0 Å². The molecular formula is C15H24N2O4S. The standard InChI is InChI=1S/C15H22N2.H2O4S/c1-17-11-8-12-4-2-3-5-14(12)15(17)13-6-9-16-10-7-13;1-5(2,3)4/h2-5,13,15-16H,6-11H2,1H3;(H2,1,2,3,4). The van der Waals surface area contributed by atoms with Gasteiger partial charge >= 0.3 is 10.4 Å². The molecule has 2 aliphatic heterocycles. The normalized spacial score (nSPS) is 23.3. The SMILES string of the molecule is CN1CCc2ccccc2C1C1CCNCC1.O=S(=O)(O)O. The molecule has 0 radical (unpaired) electrons. The van der Waals surface area contributed by atoms with Crippen LogP contribution in [0.4, 0.5) is 0 Å². The summed E-state index contributed by atoms with van der Waals surface area (Å²) in [7, 11) is -2.37. The Morgan fingerprint density at radius 2 is 1.77 bits per heavy atom. The molecule has 1 fully saturated rings. The van der Waals surface area contributed by atoms with Crippen LogP contribution in [0, 0.1) is 5.92 Å². The first-order valence-corrected chi connectivity index (χ1v) is 8.94. The van der Waals surface area contributed by atoms with Gasteiger partial charge in [0.2, 0.25) is 0 Å². The molecule has 7 heteroatoms. The molecule has 0 aliphatic carbocycles. The smallest absolute Gasteiger partial charge is 0.317 e. The Balaban J connectivity index is 0.000000309. The van der Waals surface area contributed by atoms with Gasteiger partial charge < -0.3 is 5.32 Å². The van der Waals surface area contributed by atoms with Crippen LogP contribution < -0.4 is 5.32 Å². The fourth-order valence-electron chi connectivity index (χ4n) is 3.50. The summed E-state index contributed by atoms with van der Waals surface area (Å²) in [6.45, 7) is 3.60. The van der Waals surface area contributed by atoms with Crippen molar-refractivity contribution in [3.63, 3.8) is 0 Å². The van der Waals surface area contributed by atoms with E-state index in [0.29, 0.717) is 6.04 Å². The lowest BCUT2D eigenvalue weighted by atomic mass is 9.81. The van der Waals surface area contributed by atoms with E-state index < -0.39 is 10.4 Å². The Labute approximate surface area is 132 Å². The number of rotatable bonds is 1. The van der Waals surface area contributed by atoms with Crippen molar-refractivity contribution in [1.29, 1.82) is 0 Å². The van der Waals surface area contributed by atoms with Crippen molar-refractivity contribution in [3.8, 4) is 0 Å². The average Bonchev–Trinajstić information content (AvgIpc) is 2.46. The molecule has 1 unspecified atom stereocenters. The van der Waals surface area contributed by atoms with Gasteiger partial charge in [-0.1, -0.05) is 24.3 Å². The van der Waals surface area contributed by atoms with Gasteiger partial charge in [0.1, 0.15) is 0 Å². The van der Waals surface area contributed by atoms with Gasteiger partial charge in [-0.2, -0.15) is 8.42 Å². The number of nitrogens with one attached hydrogen (secondary N) is 1. The van der Waals surface area contributed by atoms with Crippen molar-refractivity contribution in [2.24, 2.45) is 5.92 Å². The fraction of sp³-hybridized carbons (Fsp3) is 0.600. The van der Waals surface area contributed by atoms with E-state index in [1.807, 2.05) is 0 Å². The predicted molar refractivity (Wildman–Crippen MR) is 85.3 cm³/mol. The van der Waals surface area contributed by atoms with Crippen molar-refractivity contribution >= 4 is 10.4 Å². The van der Waals surface area contributed by atoms with Gasteiger partial charge in [-0.05, 0) is 56.4 Å². The van der Waals surface area contributed by atoms with E-state index in [0.717, 1.165) is 5.92 Å². The molecule has 3 rings (SSSR count). The third-order valence-electron chi connectivity index (χ3n) is 4.41. The van der Waals surface area contributed by atoms with Gasteiger partial charge in [0, 0.05) is 12.6 Å². The number of nitrogens with zero attached hydrogens (tertiary/aromatic N) is 1. The topological polar surface area (TPSA) is 89.9 Å². The summed E-state index contributed by atoms with van der Waals surface area (Å²) in [5, 5.41) is 3.47. The Bertz CT molecular complexity index is 577. The molecule has 2 aliphatic rings. The number of hydrogen-bond donors (Lipinski definition) is 3. The molecule has 1 aromatic rings. The van der Waals surface area contributed by atoms with Crippen LogP contribution in [0.15, 0.2) is 24.3 Å². The quantitative estimate of drug-likeness (QED) is 0.678. The molecule has 0 amide bonds. The molecule has 22 heavy (non-hydrogen) atoms. The number of benzene rings is 1. The van der Waals surface area contributed by atoms with Gasteiger partial charge in [0.05, 0.1) is 0 Å². The zero-order valence-electron chi connectivity index (χ0n) is 12.8. The van der Waals surface area contributed by atoms with Crippen molar-refractivity contribution in [1.82, 2.24) is 10.2 Å². The summed E-state index contributed by atoms with van der Waals surface area (Å²) in [4.78, 5) is 2.57. The third-order valence-corrected chi connectivity index (χ3v) is 4.41. The van der Waals surface area contributed by atoms with E-state index in [1.165, 1.54) is 38.9 Å². The summed E-state index contributed by atoms with van der Waals surface area (Å²) in [5.74, 6) is 0.836. The van der Waals surface area contributed by atoms with Crippen molar-refractivity contribution in [3.05, 3.63) is 35.4 Å². The molecule has 0 bridgehead atoms. The second kappa shape index (κ2) is 7.52. The zero-order chi connectivity index (χ0) is 16.2. The molecule has 3 N–H and O–H groups in total. The lowest BCUT2D eigenvalue weighted by Crippen LogP contribution is -2.40. The predicted octanol–water partition coefficient (Wildman–Crippen LogP) is 1.56. The summed E-state index contributed by atoms with van der Waals surface area (Å²) < 4.78 is 31.6. The maximum absolute atomic E-state index is 8.74. The molecule has 0 spiro atoms. The van der Waals surface area contributed by atoms with Crippen LogP contribution in [0.1, 0.15) is 30.0 Å². The molecule has 1 atom stereocenters.